The molecule has 0 unspecified atom stereocenters. The fourth-order valence-electron chi connectivity index (χ4n) is 2.97. The summed E-state index contributed by atoms with van der Waals surface area (Å²) in [4.78, 5) is 0. The smallest absolute Gasteiger partial charge is 0.406 e. The zero-order chi connectivity index (χ0) is 20.4. The van der Waals surface area contributed by atoms with Crippen molar-refractivity contribution in [2.45, 2.75) is 17.9 Å². The lowest BCUT2D eigenvalue weighted by molar-refractivity contribution is -0.274. The number of rotatable bonds is 6. The monoisotopic (exact) mass is 407 g/mol. The van der Waals surface area contributed by atoms with Crippen molar-refractivity contribution in [2.75, 3.05) is 0 Å². The first kappa shape index (κ1) is 19.9. The van der Waals surface area contributed by atoms with E-state index in [1.54, 1.807) is 24.3 Å². The molecule has 3 aromatic carbocycles. The maximum atomic E-state index is 12.6. The molecule has 0 aliphatic heterocycles. The van der Waals surface area contributed by atoms with Gasteiger partial charge in [0.05, 0.1) is 11.5 Å². The topological polar surface area (TPSA) is 67.2 Å². The molecule has 0 bridgehead atoms. The maximum Gasteiger partial charge on any atom is 0.573 e. The Morgan fingerprint density at radius 2 is 1.54 bits per heavy atom. The van der Waals surface area contributed by atoms with Crippen LogP contribution in [0.1, 0.15) is 16.7 Å². The third kappa shape index (κ3) is 4.89. The van der Waals surface area contributed by atoms with Gasteiger partial charge in [0.1, 0.15) is 5.75 Å². The second-order valence-electron chi connectivity index (χ2n) is 6.23. The Labute approximate surface area is 160 Å². The average Bonchev–Trinajstić information content (AvgIpc) is 2.62. The highest BCUT2D eigenvalue weighted by Crippen LogP contribution is 2.26. The number of sulfone groups is 1. The second kappa shape index (κ2) is 7.63. The van der Waals surface area contributed by atoms with E-state index < -0.39 is 21.9 Å². The predicted molar refractivity (Wildman–Crippen MR) is 101 cm³/mol. The van der Waals surface area contributed by atoms with Crippen LogP contribution in [0.5, 0.6) is 5.75 Å². The minimum Gasteiger partial charge on any atom is -0.406 e. The first-order valence-corrected chi connectivity index (χ1v) is 10.1. The molecule has 0 radical (unpaired) electrons. The van der Waals surface area contributed by atoms with Gasteiger partial charge in [-0.15, -0.1) is 13.2 Å². The number of hydrogen-bond acceptors (Lipinski definition) is 4. The largest absolute Gasteiger partial charge is 0.573 e. The van der Waals surface area contributed by atoms with Crippen molar-refractivity contribution in [3.05, 3.63) is 77.4 Å². The Kier molecular flexibility index (Phi) is 5.42. The van der Waals surface area contributed by atoms with Crippen LogP contribution in [-0.4, -0.2) is 21.0 Å². The Morgan fingerprint density at radius 1 is 0.893 bits per heavy atom. The van der Waals surface area contributed by atoms with Gasteiger partial charge in [-0.1, -0.05) is 48.5 Å². The molecule has 28 heavy (non-hydrogen) atoms. The van der Waals surface area contributed by atoms with Crippen LogP contribution < -0.4 is 4.74 Å². The van der Waals surface area contributed by atoms with Crippen LogP contribution >= 0.6 is 0 Å². The molecule has 0 saturated carbocycles. The SMILES string of the molecule is N=Cc1ccc(CS(=O)(=O)Cc2ccc(OC(F)(F)F)cc2)c2ccccc12. The van der Waals surface area contributed by atoms with E-state index in [1.807, 2.05) is 12.1 Å². The number of halogens is 3. The highest BCUT2D eigenvalue weighted by atomic mass is 32.2. The highest BCUT2D eigenvalue weighted by Gasteiger charge is 2.31. The van der Waals surface area contributed by atoms with Gasteiger partial charge in [0.2, 0.25) is 0 Å². The van der Waals surface area contributed by atoms with E-state index in [0.29, 0.717) is 16.7 Å². The van der Waals surface area contributed by atoms with Gasteiger partial charge in [0.15, 0.2) is 9.84 Å². The van der Waals surface area contributed by atoms with Crippen LogP contribution in [-0.2, 0) is 21.3 Å². The van der Waals surface area contributed by atoms with Gasteiger partial charge in [-0.05, 0) is 39.6 Å². The van der Waals surface area contributed by atoms with Gasteiger partial charge in [-0.2, -0.15) is 0 Å². The van der Waals surface area contributed by atoms with E-state index in [-0.39, 0.29) is 11.5 Å². The predicted octanol–water partition coefficient (Wildman–Crippen LogP) is 4.85. The Morgan fingerprint density at radius 3 is 2.14 bits per heavy atom. The molecule has 3 rings (SSSR count). The van der Waals surface area contributed by atoms with E-state index in [4.69, 9.17) is 5.41 Å². The van der Waals surface area contributed by atoms with E-state index in [1.165, 1.54) is 18.3 Å². The molecule has 0 aliphatic carbocycles. The van der Waals surface area contributed by atoms with E-state index in [0.717, 1.165) is 22.9 Å². The van der Waals surface area contributed by atoms with Gasteiger partial charge in [0, 0.05) is 6.21 Å². The lowest BCUT2D eigenvalue weighted by Gasteiger charge is -2.11. The van der Waals surface area contributed by atoms with E-state index in [9.17, 15) is 21.6 Å². The zero-order valence-corrected chi connectivity index (χ0v) is 15.3. The molecule has 8 heteroatoms. The van der Waals surface area contributed by atoms with Gasteiger partial charge in [0.25, 0.3) is 0 Å². The summed E-state index contributed by atoms with van der Waals surface area (Å²) in [5, 5.41) is 9.01. The maximum absolute atomic E-state index is 12.6. The zero-order valence-electron chi connectivity index (χ0n) is 14.5. The normalized spacial score (nSPS) is 12.1. The van der Waals surface area contributed by atoms with Crippen LogP contribution in [0.2, 0.25) is 0 Å². The summed E-state index contributed by atoms with van der Waals surface area (Å²) in [7, 11) is -3.57. The summed E-state index contributed by atoms with van der Waals surface area (Å²) in [6, 6.07) is 15.4. The van der Waals surface area contributed by atoms with Crippen LogP contribution in [0.4, 0.5) is 13.2 Å². The van der Waals surface area contributed by atoms with Gasteiger partial charge in [-0.3, -0.25) is 0 Å². The van der Waals surface area contributed by atoms with Crippen molar-refractivity contribution >= 4 is 26.8 Å². The molecule has 146 valence electrons. The lowest BCUT2D eigenvalue weighted by atomic mass is 10.0. The van der Waals surface area contributed by atoms with E-state index in [2.05, 4.69) is 4.74 Å². The molecule has 0 saturated heterocycles. The number of hydrogen-bond donors (Lipinski definition) is 1. The third-order valence-electron chi connectivity index (χ3n) is 4.12. The number of alkyl halides is 3. The van der Waals surface area contributed by atoms with Crippen LogP contribution in [0.3, 0.4) is 0 Å². The summed E-state index contributed by atoms with van der Waals surface area (Å²) in [6.07, 6.45) is -3.58. The average molecular weight is 407 g/mol. The molecule has 0 amide bonds. The quantitative estimate of drug-likeness (QED) is 0.594. The van der Waals surface area contributed by atoms with Crippen molar-refractivity contribution in [3.63, 3.8) is 0 Å². The Bertz CT molecular complexity index is 1110. The molecule has 0 spiro atoms. The number of nitrogens with one attached hydrogen (secondary N) is 1. The molecule has 0 fully saturated rings. The van der Waals surface area contributed by atoms with Crippen molar-refractivity contribution in [1.82, 2.24) is 0 Å². The van der Waals surface area contributed by atoms with Gasteiger partial charge in [-0.25, -0.2) is 8.42 Å². The van der Waals surface area contributed by atoms with E-state index >= 15 is 0 Å². The molecule has 0 heterocycles. The molecule has 1 N–H and O–H groups in total. The van der Waals surface area contributed by atoms with Crippen molar-refractivity contribution in [3.8, 4) is 5.75 Å². The summed E-state index contributed by atoms with van der Waals surface area (Å²) >= 11 is 0. The summed E-state index contributed by atoms with van der Waals surface area (Å²) in [6.45, 7) is 0. The number of benzene rings is 3. The fourth-order valence-corrected chi connectivity index (χ4v) is 4.49. The van der Waals surface area contributed by atoms with Crippen LogP contribution in [0, 0.1) is 5.41 Å². The van der Waals surface area contributed by atoms with Gasteiger partial charge >= 0.3 is 6.36 Å². The van der Waals surface area contributed by atoms with Crippen molar-refractivity contribution in [1.29, 1.82) is 5.41 Å². The number of fused-ring (bicyclic) bond motifs is 1. The molecule has 0 aromatic heterocycles. The molecule has 4 nitrogen and oxygen atoms in total. The lowest BCUT2D eigenvalue weighted by Crippen LogP contribution is -2.17. The molecular weight excluding hydrogens is 391 g/mol. The Balaban J connectivity index is 1.81. The minimum atomic E-state index is -4.79. The van der Waals surface area contributed by atoms with Crippen LogP contribution in [0.15, 0.2) is 60.7 Å². The first-order chi connectivity index (χ1) is 13.2. The second-order valence-corrected chi connectivity index (χ2v) is 8.29. The van der Waals surface area contributed by atoms with Crippen LogP contribution in [0.25, 0.3) is 10.8 Å². The first-order valence-electron chi connectivity index (χ1n) is 8.23. The minimum absolute atomic E-state index is 0.216. The molecule has 3 aromatic rings. The summed E-state index contributed by atoms with van der Waals surface area (Å²) in [5.74, 6) is -0.922. The Hall–Kier alpha value is -2.87. The number of ether oxygens (including phenoxy) is 1. The molecule has 0 atom stereocenters. The molecule has 0 aliphatic rings. The third-order valence-corrected chi connectivity index (χ3v) is 5.65. The molecular formula is C20H16F3NO3S. The summed E-state index contributed by atoms with van der Waals surface area (Å²) < 4.78 is 65.6. The van der Waals surface area contributed by atoms with Gasteiger partial charge < -0.3 is 10.1 Å². The highest BCUT2D eigenvalue weighted by molar-refractivity contribution is 7.89. The standard InChI is InChI=1S/C20H16F3NO3S/c21-20(22,23)27-17-9-5-14(6-10-17)12-28(25,26)13-16-8-7-15(11-24)18-3-1-2-4-19(16)18/h1-11,24H,12-13H2. The van der Waals surface area contributed by atoms with Crippen molar-refractivity contribution in [2.24, 2.45) is 0 Å². The summed E-state index contributed by atoms with van der Waals surface area (Å²) in [5.41, 5.74) is 1.67. The van der Waals surface area contributed by atoms with Crippen molar-refractivity contribution < 1.29 is 26.3 Å². The fraction of sp³-hybridized carbons (Fsp3) is 0.150.